The minimum atomic E-state index is -0.101. The maximum absolute atomic E-state index is 5.95. The van der Waals surface area contributed by atoms with Gasteiger partial charge in [-0.3, -0.25) is 0 Å². The summed E-state index contributed by atoms with van der Waals surface area (Å²) < 4.78 is 11.9. The van der Waals surface area contributed by atoms with Gasteiger partial charge in [0.1, 0.15) is 6.61 Å². The van der Waals surface area contributed by atoms with Gasteiger partial charge in [-0.1, -0.05) is 32.6 Å². The van der Waals surface area contributed by atoms with Gasteiger partial charge in [-0.2, -0.15) is 0 Å². The Morgan fingerprint density at radius 1 is 1.26 bits per heavy atom. The average Bonchev–Trinajstić information content (AvgIpc) is 2.44. The standard InChI is InChI=1S/C17H28O2/c1-15(2,3)9-7-11-18-14-17(6)10-8-13(12-19-14)16(17,4)5/h13-14H,8,10-12H2,1-6H3/t13-,14-,17+/m1/s1. The Kier molecular flexibility index (Phi) is 3.75. The van der Waals surface area contributed by atoms with Crippen LogP contribution in [0.2, 0.25) is 0 Å². The van der Waals surface area contributed by atoms with Crippen LogP contribution in [-0.4, -0.2) is 19.5 Å². The number of fused-ring (bicyclic) bond motifs is 2. The van der Waals surface area contributed by atoms with Crippen LogP contribution in [0.15, 0.2) is 0 Å². The molecule has 2 bridgehead atoms. The molecule has 1 aliphatic carbocycles. The van der Waals surface area contributed by atoms with Crippen LogP contribution in [0.5, 0.6) is 0 Å². The monoisotopic (exact) mass is 264 g/mol. The molecule has 108 valence electrons. The molecular formula is C17H28O2. The molecule has 2 rings (SSSR count). The predicted octanol–water partition coefficient (Wildman–Crippen LogP) is 3.85. The lowest BCUT2D eigenvalue weighted by atomic mass is 9.64. The first-order chi connectivity index (χ1) is 8.67. The topological polar surface area (TPSA) is 18.5 Å². The lowest BCUT2D eigenvalue weighted by molar-refractivity contribution is -0.258. The van der Waals surface area contributed by atoms with Crippen molar-refractivity contribution < 1.29 is 9.47 Å². The summed E-state index contributed by atoms with van der Waals surface area (Å²) in [6, 6.07) is 0. The lowest BCUT2D eigenvalue weighted by Crippen LogP contribution is -2.51. The zero-order valence-corrected chi connectivity index (χ0v) is 13.3. The fourth-order valence-corrected chi connectivity index (χ4v) is 3.37. The van der Waals surface area contributed by atoms with E-state index in [4.69, 9.17) is 9.47 Å². The van der Waals surface area contributed by atoms with Gasteiger partial charge in [0.05, 0.1) is 6.61 Å². The Hall–Kier alpha value is -0.520. The van der Waals surface area contributed by atoms with Crippen LogP contribution >= 0.6 is 0 Å². The smallest absolute Gasteiger partial charge is 0.164 e. The molecule has 19 heavy (non-hydrogen) atoms. The molecule has 1 aliphatic heterocycles. The van der Waals surface area contributed by atoms with E-state index >= 15 is 0 Å². The Labute approximate surface area is 118 Å². The van der Waals surface area contributed by atoms with E-state index < -0.39 is 0 Å². The van der Waals surface area contributed by atoms with E-state index in [1.54, 1.807) is 0 Å². The molecule has 1 heterocycles. The van der Waals surface area contributed by atoms with Crippen molar-refractivity contribution in [2.24, 2.45) is 22.2 Å². The van der Waals surface area contributed by atoms with Gasteiger partial charge in [-0.15, -0.1) is 0 Å². The Bertz CT molecular complexity index is 394. The van der Waals surface area contributed by atoms with Gasteiger partial charge < -0.3 is 9.47 Å². The van der Waals surface area contributed by atoms with Crippen molar-refractivity contribution in [2.75, 3.05) is 13.2 Å². The summed E-state index contributed by atoms with van der Waals surface area (Å²) in [6.45, 7) is 14.7. The van der Waals surface area contributed by atoms with Crippen LogP contribution in [0.4, 0.5) is 0 Å². The summed E-state index contributed by atoms with van der Waals surface area (Å²) in [5, 5.41) is 0. The van der Waals surface area contributed by atoms with Crippen molar-refractivity contribution >= 4 is 0 Å². The zero-order valence-electron chi connectivity index (χ0n) is 13.3. The molecule has 1 saturated heterocycles. The van der Waals surface area contributed by atoms with Crippen LogP contribution in [0.1, 0.15) is 54.4 Å². The van der Waals surface area contributed by atoms with Crippen molar-refractivity contribution in [3.63, 3.8) is 0 Å². The fourth-order valence-electron chi connectivity index (χ4n) is 3.37. The average molecular weight is 264 g/mol. The molecule has 0 aromatic carbocycles. The number of hydrogen-bond donors (Lipinski definition) is 0. The molecular weight excluding hydrogens is 236 g/mol. The van der Waals surface area contributed by atoms with Gasteiger partial charge in [-0.25, -0.2) is 0 Å². The van der Waals surface area contributed by atoms with E-state index in [2.05, 4.69) is 53.4 Å². The van der Waals surface area contributed by atoms with Crippen LogP contribution in [0, 0.1) is 34.0 Å². The maximum Gasteiger partial charge on any atom is 0.164 e. The Balaban J connectivity index is 1.99. The highest BCUT2D eigenvalue weighted by Gasteiger charge is 2.59. The highest BCUT2D eigenvalue weighted by atomic mass is 16.7. The van der Waals surface area contributed by atoms with Crippen molar-refractivity contribution in [3.8, 4) is 11.8 Å². The molecule has 0 amide bonds. The first-order valence-corrected chi connectivity index (χ1v) is 7.40. The molecule has 2 fully saturated rings. The second kappa shape index (κ2) is 4.79. The molecule has 3 atom stereocenters. The SMILES string of the molecule is CC(C)(C)C#CCO[C@@H]1OC[C@H]2CC[C@]1(C)C2(C)C. The highest BCUT2D eigenvalue weighted by Crippen LogP contribution is 2.61. The molecule has 0 unspecified atom stereocenters. The summed E-state index contributed by atoms with van der Waals surface area (Å²) in [5.74, 6) is 7.01. The van der Waals surface area contributed by atoms with Crippen LogP contribution in [-0.2, 0) is 9.47 Å². The largest absolute Gasteiger partial charge is 0.352 e. The minimum Gasteiger partial charge on any atom is -0.352 e. The fraction of sp³-hybridized carbons (Fsp3) is 0.882. The van der Waals surface area contributed by atoms with E-state index in [0.29, 0.717) is 17.9 Å². The normalized spacial score (nSPS) is 36.7. The van der Waals surface area contributed by atoms with E-state index in [9.17, 15) is 0 Å². The molecule has 2 nitrogen and oxygen atoms in total. The van der Waals surface area contributed by atoms with Gasteiger partial charge >= 0.3 is 0 Å². The van der Waals surface area contributed by atoms with E-state index in [0.717, 1.165) is 6.61 Å². The highest BCUT2D eigenvalue weighted by molar-refractivity contribution is 5.08. The van der Waals surface area contributed by atoms with Crippen LogP contribution < -0.4 is 0 Å². The molecule has 0 N–H and O–H groups in total. The summed E-state index contributed by atoms with van der Waals surface area (Å²) in [4.78, 5) is 0. The zero-order chi connectivity index (χ0) is 14.3. The van der Waals surface area contributed by atoms with Crippen molar-refractivity contribution in [3.05, 3.63) is 0 Å². The third kappa shape index (κ3) is 2.69. The third-order valence-corrected chi connectivity index (χ3v) is 5.24. The third-order valence-electron chi connectivity index (χ3n) is 5.24. The van der Waals surface area contributed by atoms with Crippen molar-refractivity contribution in [2.45, 2.75) is 60.7 Å². The second-order valence-electron chi connectivity index (χ2n) is 7.90. The molecule has 2 aliphatic rings. The van der Waals surface area contributed by atoms with E-state index in [1.807, 2.05) is 0 Å². The van der Waals surface area contributed by atoms with Crippen LogP contribution in [0.3, 0.4) is 0 Å². The van der Waals surface area contributed by atoms with E-state index in [-0.39, 0.29) is 17.1 Å². The minimum absolute atomic E-state index is 0.0401. The number of hydrogen-bond acceptors (Lipinski definition) is 2. The van der Waals surface area contributed by atoms with Crippen molar-refractivity contribution in [1.29, 1.82) is 0 Å². The maximum atomic E-state index is 5.95. The van der Waals surface area contributed by atoms with Gasteiger partial charge in [0.25, 0.3) is 0 Å². The summed E-state index contributed by atoms with van der Waals surface area (Å²) in [5.41, 5.74) is 0.463. The van der Waals surface area contributed by atoms with Gasteiger partial charge in [0.2, 0.25) is 0 Å². The van der Waals surface area contributed by atoms with Crippen LogP contribution in [0.25, 0.3) is 0 Å². The molecule has 1 saturated carbocycles. The number of ether oxygens (including phenoxy) is 2. The van der Waals surface area contributed by atoms with E-state index in [1.165, 1.54) is 12.8 Å². The van der Waals surface area contributed by atoms with Crippen molar-refractivity contribution in [1.82, 2.24) is 0 Å². The second-order valence-corrected chi connectivity index (χ2v) is 7.90. The lowest BCUT2D eigenvalue weighted by Gasteiger charge is -2.49. The summed E-state index contributed by atoms with van der Waals surface area (Å²) in [7, 11) is 0. The predicted molar refractivity (Wildman–Crippen MR) is 77.5 cm³/mol. The Morgan fingerprint density at radius 3 is 2.58 bits per heavy atom. The summed E-state index contributed by atoms with van der Waals surface area (Å²) >= 11 is 0. The quantitative estimate of drug-likeness (QED) is 0.705. The molecule has 2 heteroatoms. The number of rotatable bonds is 2. The molecule has 0 radical (unpaired) electrons. The van der Waals surface area contributed by atoms with Gasteiger partial charge in [0, 0.05) is 10.8 Å². The molecule has 0 aromatic heterocycles. The molecule has 0 spiro atoms. The van der Waals surface area contributed by atoms with Gasteiger partial charge in [0.15, 0.2) is 6.29 Å². The van der Waals surface area contributed by atoms with Gasteiger partial charge in [-0.05, 0) is 44.9 Å². The first-order valence-electron chi connectivity index (χ1n) is 7.40. The molecule has 0 aromatic rings. The first kappa shape index (κ1) is 14.9. The summed E-state index contributed by atoms with van der Waals surface area (Å²) in [6.07, 6.45) is 2.36. The Morgan fingerprint density at radius 2 is 1.95 bits per heavy atom.